The van der Waals surface area contributed by atoms with Crippen molar-refractivity contribution >= 4 is 22.9 Å². The Morgan fingerprint density at radius 3 is 2.71 bits per heavy atom. The van der Waals surface area contributed by atoms with Gasteiger partial charge in [0.1, 0.15) is 5.01 Å². The van der Waals surface area contributed by atoms with Crippen LogP contribution in [-0.4, -0.2) is 27.0 Å². The monoisotopic (exact) mass is 323 g/mol. The average molecular weight is 324 g/mol. The molecule has 21 heavy (non-hydrogen) atoms. The molecule has 1 aliphatic rings. The molecule has 0 amide bonds. The molecule has 6 heteroatoms. The lowest BCUT2D eigenvalue weighted by Gasteiger charge is -2.23. The van der Waals surface area contributed by atoms with Crippen molar-refractivity contribution in [1.29, 1.82) is 0 Å². The van der Waals surface area contributed by atoms with Gasteiger partial charge in [-0.1, -0.05) is 47.9 Å². The predicted octanol–water partition coefficient (Wildman–Crippen LogP) is 3.01. The van der Waals surface area contributed by atoms with E-state index >= 15 is 0 Å². The summed E-state index contributed by atoms with van der Waals surface area (Å²) >= 11 is 7.46. The van der Waals surface area contributed by atoms with Gasteiger partial charge in [0, 0.05) is 17.6 Å². The first-order valence-electron chi connectivity index (χ1n) is 7.15. The minimum absolute atomic E-state index is 0.00321. The van der Waals surface area contributed by atoms with Gasteiger partial charge in [0.05, 0.1) is 12.1 Å². The lowest BCUT2D eigenvalue weighted by Crippen LogP contribution is -2.30. The van der Waals surface area contributed by atoms with Gasteiger partial charge in [0.25, 0.3) is 0 Å². The third-order valence-corrected chi connectivity index (χ3v) is 5.08. The smallest absolute Gasteiger partial charge is 0.203 e. The molecule has 4 nitrogen and oxygen atoms in total. The predicted molar refractivity (Wildman–Crippen MR) is 85.4 cm³/mol. The van der Waals surface area contributed by atoms with Crippen LogP contribution < -0.4 is 4.80 Å². The van der Waals surface area contributed by atoms with Gasteiger partial charge in [-0.2, -0.15) is 5.10 Å². The van der Waals surface area contributed by atoms with E-state index in [0.717, 1.165) is 46.1 Å². The quantitative estimate of drug-likeness (QED) is 0.923. The number of aryl methyl sites for hydroxylation is 1. The largest absolute Gasteiger partial charge is 0.391 e. The van der Waals surface area contributed by atoms with Crippen molar-refractivity contribution in [1.82, 2.24) is 9.78 Å². The summed E-state index contributed by atoms with van der Waals surface area (Å²) in [6.07, 6.45) is 3.71. The summed E-state index contributed by atoms with van der Waals surface area (Å²) in [5, 5.41) is 16.2. The maximum absolute atomic E-state index is 10.0. The number of hydrogen-bond donors (Lipinski definition) is 1. The molecule has 2 atom stereocenters. The van der Waals surface area contributed by atoms with Crippen LogP contribution in [0.1, 0.15) is 25.7 Å². The second kappa shape index (κ2) is 6.30. The van der Waals surface area contributed by atoms with E-state index in [2.05, 4.69) is 5.10 Å². The molecule has 0 radical (unpaired) electrons. The van der Waals surface area contributed by atoms with Crippen LogP contribution in [0.4, 0.5) is 0 Å². The molecule has 0 unspecified atom stereocenters. The van der Waals surface area contributed by atoms with Gasteiger partial charge in [-0.15, -0.1) is 0 Å². The molecule has 1 aromatic heterocycles. The highest BCUT2D eigenvalue weighted by Crippen LogP contribution is 2.23. The molecule has 112 valence electrons. The minimum Gasteiger partial charge on any atom is -0.391 e. The highest BCUT2D eigenvalue weighted by molar-refractivity contribution is 7.12. The Kier molecular flexibility index (Phi) is 4.42. The van der Waals surface area contributed by atoms with E-state index in [1.807, 2.05) is 31.3 Å². The highest BCUT2D eigenvalue weighted by atomic mass is 35.5. The van der Waals surface area contributed by atoms with Crippen molar-refractivity contribution in [2.75, 3.05) is 0 Å². The fraction of sp³-hybridized carbons (Fsp3) is 0.467. The topological polar surface area (TPSA) is 50.4 Å². The second-order valence-corrected chi connectivity index (χ2v) is 6.76. The zero-order valence-corrected chi connectivity index (χ0v) is 13.4. The van der Waals surface area contributed by atoms with E-state index in [1.54, 1.807) is 16.0 Å². The van der Waals surface area contributed by atoms with Crippen LogP contribution in [0.25, 0.3) is 10.6 Å². The highest BCUT2D eigenvalue weighted by Gasteiger charge is 2.22. The number of rotatable bonds is 2. The second-order valence-electron chi connectivity index (χ2n) is 5.37. The molecule has 0 spiro atoms. The van der Waals surface area contributed by atoms with Crippen LogP contribution in [0.5, 0.6) is 0 Å². The number of benzene rings is 1. The Balaban J connectivity index is 1.92. The molecule has 1 saturated carbocycles. The van der Waals surface area contributed by atoms with Gasteiger partial charge in [0.15, 0.2) is 0 Å². The van der Waals surface area contributed by atoms with Crippen molar-refractivity contribution in [3.8, 4) is 10.6 Å². The number of halogens is 1. The van der Waals surface area contributed by atoms with Crippen LogP contribution in [0.15, 0.2) is 29.3 Å². The standard InChI is InChI=1S/C15H18ClN3OS/c1-19-15(17-12-4-2-3-5-13(12)20)21-14(18-19)10-6-8-11(16)9-7-10/h6-9,12-13,20H,2-5H2,1H3/t12-,13+/m1/s1. The third-order valence-electron chi connectivity index (χ3n) is 3.77. The lowest BCUT2D eigenvalue weighted by molar-refractivity contribution is 0.107. The van der Waals surface area contributed by atoms with Crippen molar-refractivity contribution in [3.63, 3.8) is 0 Å². The van der Waals surface area contributed by atoms with Gasteiger partial charge in [-0.3, -0.25) is 4.99 Å². The molecule has 3 rings (SSSR count). The summed E-state index contributed by atoms with van der Waals surface area (Å²) in [6, 6.07) is 7.64. The zero-order valence-electron chi connectivity index (χ0n) is 11.9. The van der Waals surface area contributed by atoms with E-state index < -0.39 is 0 Å². The van der Waals surface area contributed by atoms with Crippen LogP contribution >= 0.6 is 22.9 Å². The Bertz CT molecular complexity index is 677. The SMILES string of the molecule is Cn1nc(-c2ccc(Cl)cc2)sc1=N[C@@H]1CCCC[C@@H]1O. The third kappa shape index (κ3) is 3.36. The first kappa shape index (κ1) is 14.8. The minimum atomic E-state index is -0.320. The van der Waals surface area contributed by atoms with E-state index in [-0.39, 0.29) is 12.1 Å². The molecule has 2 aromatic rings. The Morgan fingerprint density at radius 2 is 2.00 bits per heavy atom. The summed E-state index contributed by atoms with van der Waals surface area (Å²) in [6.45, 7) is 0. The summed E-state index contributed by atoms with van der Waals surface area (Å²) in [5.41, 5.74) is 1.03. The zero-order chi connectivity index (χ0) is 14.8. The van der Waals surface area contributed by atoms with E-state index in [4.69, 9.17) is 16.6 Å². The summed E-state index contributed by atoms with van der Waals surface area (Å²) in [7, 11) is 1.89. The normalized spacial score (nSPS) is 23.5. The van der Waals surface area contributed by atoms with Gasteiger partial charge < -0.3 is 5.11 Å². The molecule has 1 fully saturated rings. The first-order valence-corrected chi connectivity index (χ1v) is 8.35. The van der Waals surface area contributed by atoms with Gasteiger partial charge >= 0.3 is 0 Å². The van der Waals surface area contributed by atoms with Gasteiger partial charge in [0.2, 0.25) is 4.80 Å². The Morgan fingerprint density at radius 1 is 1.29 bits per heavy atom. The number of aromatic nitrogens is 2. The number of hydrogen-bond acceptors (Lipinski definition) is 4. The Labute approximate surface area is 132 Å². The van der Waals surface area contributed by atoms with Crippen molar-refractivity contribution in [3.05, 3.63) is 34.1 Å². The number of aliphatic hydroxyl groups excluding tert-OH is 1. The Hall–Kier alpha value is -1.17. The molecular weight excluding hydrogens is 306 g/mol. The number of nitrogens with zero attached hydrogens (tertiary/aromatic N) is 3. The van der Waals surface area contributed by atoms with Crippen LogP contribution in [0.3, 0.4) is 0 Å². The fourth-order valence-electron chi connectivity index (χ4n) is 2.56. The first-order chi connectivity index (χ1) is 10.1. The van der Waals surface area contributed by atoms with E-state index in [0.29, 0.717) is 0 Å². The van der Waals surface area contributed by atoms with E-state index in [1.165, 1.54) is 0 Å². The van der Waals surface area contributed by atoms with Crippen molar-refractivity contribution < 1.29 is 5.11 Å². The summed E-state index contributed by atoms with van der Waals surface area (Å²) in [4.78, 5) is 5.56. The van der Waals surface area contributed by atoms with Crippen LogP contribution in [0, 0.1) is 0 Å². The van der Waals surface area contributed by atoms with Gasteiger partial charge in [-0.05, 0) is 25.0 Å². The molecule has 1 aliphatic carbocycles. The molecule has 0 bridgehead atoms. The van der Waals surface area contributed by atoms with E-state index in [9.17, 15) is 5.11 Å². The van der Waals surface area contributed by atoms with Gasteiger partial charge in [-0.25, -0.2) is 4.68 Å². The summed E-state index contributed by atoms with van der Waals surface area (Å²) < 4.78 is 1.79. The molecule has 1 aromatic carbocycles. The average Bonchev–Trinajstić information content (AvgIpc) is 2.83. The summed E-state index contributed by atoms with van der Waals surface area (Å²) in [5.74, 6) is 0. The van der Waals surface area contributed by atoms with Crippen LogP contribution in [-0.2, 0) is 7.05 Å². The fourth-order valence-corrected chi connectivity index (χ4v) is 3.63. The lowest BCUT2D eigenvalue weighted by atomic mass is 9.93. The number of aliphatic hydroxyl groups is 1. The molecule has 1 heterocycles. The molecule has 1 N–H and O–H groups in total. The molecule has 0 aliphatic heterocycles. The van der Waals surface area contributed by atoms with Crippen LogP contribution in [0.2, 0.25) is 5.02 Å². The van der Waals surface area contributed by atoms with Crippen molar-refractivity contribution in [2.45, 2.75) is 37.8 Å². The molecule has 0 saturated heterocycles. The molecular formula is C15H18ClN3OS. The maximum Gasteiger partial charge on any atom is 0.203 e. The van der Waals surface area contributed by atoms with Crippen molar-refractivity contribution in [2.24, 2.45) is 12.0 Å². The maximum atomic E-state index is 10.0.